The number of halogens is 1. The van der Waals surface area contributed by atoms with E-state index in [0.717, 1.165) is 48.7 Å². The molecule has 0 atom stereocenters. The zero-order valence-electron chi connectivity index (χ0n) is 16.7. The van der Waals surface area contributed by atoms with E-state index in [0.29, 0.717) is 12.0 Å². The van der Waals surface area contributed by atoms with Crippen LogP contribution in [0.15, 0.2) is 40.6 Å². The van der Waals surface area contributed by atoms with Crippen LogP contribution in [0.4, 0.5) is 4.39 Å². The van der Waals surface area contributed by atoms with Gasteiger partial charge in [0.15, 0.2) is 10.7 Å². The number of piperidine rings is 1. The van der Waals surface area contributed by atoms with Gasteiger partial charge in [0, 0.05) is 40.4 Å². The molecule has 3 aromatic rings. The first-order valence-corrected chi connectivity index (χ1v) is 10.7. The minimum Gasteiger partial charge on any atom is -0.303 e. The summed E-state index contributed by atoms with van der Waals surface area (Å²) in [5.41, 5.74) is 1.71. The first-order valence-electron chi connectivity index (χ1n) is 9.85. The Kier molecular flexibility index (Phi) is 5.36. The fourth-order valence-corrected chi connectivity index (χ4v) is 4.77. The van der Waals surface area contributed by atoms with Gasteiger partial charge < -0.3 is 4.90 Å². The van der Waals surface area contributed by atoms with Crippen molar-refractivity contribution in [2.24, 2.45) is 5.41 Å². The van der Waals surface area contributed by atoms with E-state index in [-0.39, 0.29) is 17.2 Å². The summed E-state index contributed by atoms with van der Waals surface area (Å²) < 4.78 is 14.8. The topological polar surface area (TPSA) is 54.7 Å². The molecule has 0 amide bonds. The predicted octanol–water partition coefficient (Wildman–Crippen LogP) is 3.73. The molecular weight excluding hydrogens is 389 g/mol. The lowest BCUT2D eigenvalue weighted by Crippen LogP contribution is -2.43. The van der Waals surface area contributed by atoms with E-state index in [1.165, 1.54) is 23.5 Å². The molecule has 0 spiro atoms. The van der Waals surface area contributed by atoms with Crippen LogP contribution in [0.1, 0.15) is 41.4 Å². The van der Waals surface area contributed by atoms with Crippen molar-refractivity contribution in [1.82, 2.24) is 14.3 Å². The first kappa shape index (κ1) is 19.9. The highest BCUT2D eigenvalue weighted by molar-refractivity contribution is 7.15. The highest BCUT2D eigenvalue weighted by atomic mass is 32.1. The van der Waals surface area contributed by atoms with Crippen LogP contribution in [0.25, 0.3) is 4.96 Å². The molecule has 1 saturated heterocycles. The van der Waals surface area contributed by atoms with Gasteiger partial charge in [-0.2, -0.15) is 0 Å². The maximum absolute atomic E-state index is 13.1. The maximum Gasteiger partial charge on any atom is 0.261 e. The molecule has 0 radical (unpaired) electrons. The normalized spacial score (nSPS) is 16.9. The maximum atomic E-state index is 13.1. The van der Waals surface area contributed by atoms with Gasteiger partial charge in [0.25, 0.3) is 5.56 Å². The summed E-state index contributed by atoms with van der Waals surface area (Å²) in [6.45, 7) is 6.27. The molecule has 3 heterocycles. The van der Waals surface area contributed by atoms with Crippen LogP contribution < -0.4 is 5.56 Å². The van der Waals surface area contributed by atoms with Crippen molar-refractivity contribution >= 4 is 22.1 Å². The Balaban J connectivity index is 1.39. The van der Waals surface area contributed by atoms with Crippen LogP contribution in [-0.4, -0.2) is 39.7 Å². The lowest BCUT2D eigenvalue weighted by molar-refractivity contribution is 0.0647. The molecule has 0 saturated carbocycles. The minimum atomic E-state index is -0.430. The van der Waals surface area contributed by atoms with Gasteiger partial charge in [-0.05, 0) is 63.5 Å². The molecule has 5 nitrogen and oxygen atoms in total. The van der Waals surface area contributed by atoms with E-state index in [1.54, 1.807) is 22.7 Å². The van der Waals surface area contributed by atoms with E-state index in [2.05, 4.69) is 9.88 Å². The number of carbonyl (C=O) groups excluding carboxylic acids is 1. The fraction of sp³-hybridized carbons (Fsp3) is 0.409. The lowest BCUT2D eigenvalue weighted by Gasteiger charge is -2.38. The standard InChI is InChI=1S/C22H24FN3O2S/c1-15-18(20(28)26-13-14-29-21(26)24-15)7-10-25-11-8-22(2,9-12-25)19(27)16-3-5-17(23)6-4-16/h3-6,13-14H,7-12H2,1-2H3. The molecule has 4 rings (SSSR count). The van der Waals surface area contributed by atoms with Gasteiger partial charge in [-0.15, -0.1) is 11.3 Å². The van der Waals surface area contributed by atoms with Gasteiger partial charge in [-0.25, -0.2) is 9.37 Å². The van der Waals surface area contributed by atoms with Gasteiger partial charge in [-0.1, -0.05) is 6.92 Å². The number of rotatable bonds is 5. The van der Waals surface area contributed by atoms with E-state index in [1.807, 2.05) is 19.2 Å². The molecule has 152 valence electrons. The van der Waals surface area contributed by atoms with Crippen molar-refractivity contribution in [2.45, 2.75) is 33.1 Å². The second kappa shape index (κ2) is 7.80. The number of fused-ring (bicyclic) bond motifs is 1. The number of Topliss-reactive ketones (excluding diaryl/α,β-unsaturated/α-hetero) is 1. The van der Waals surface area contributed by atoms with Gasteiger partial charge in [0.05, 0.1) is 0 Å². The Morgan fingerprint density at radius 1 is 1.24 bits per heavy atom. The van der Waals surface area contributed by atoms with Gasteiger partial charge in [0.2, 0.25) is 0 Å². The summed E-state index contributed by atoms with van der Waals surface area (Å²) in [6.07, 6.45) is 3.93. The van der Waals surface area contributed by atoms with E-state index < -0.39 is 5.41 Å². The summed E-state index contributed by atoms with van der Waals surface area (Å²) in [5.74, 6) is -0.249. The fourth-order valence-electron chi connectivity index (χ4n) is 4.02. The van der Waals surface area contributed by atoms with Crippen molar-refractivity contribution in [3.8, 4) is 0 Å². The van der Waals surface area contributed by atoms with E-state index in [9.17, 15) is 14.0 Å². The lowest BCUT2D eigenvalue weighted by atomic mass is 9.74. The predicted molar refractivity (Wildman–Crippen MR) is 112 cm³/mol. The van der Waals surface area contributed by atoms with Gasteiger partial charge >= 0.3 is 0 Å². The number of benzene rings is 1. The number of likely N-dealkylation sites (tertiary alicyclic amines) is 1. The van der Waals surface area contributed by atoms with Crippen molar-refractivity contribution in [1.29, 1.82) is 0 Å². The average molecular weight is 414 g/mol. The zero-order chi connectivity index (χ0) is 20.6. The molecule has 0 bridgehead atoms. The molecule has 7 heteroatoms. The Bertz CT molecular complexity index is 1100. The molecule has 1 fully saturated rings. The molecule has 0 aliphatic carbocycles. The number of hydrogen-bond acceptors (Lipinski definition) is 5. The number of hydrogen-bond donors (Lipinski definition) is 0. The summed E-state index contributed by atoms with van der Waals surface area (Å²) in [4.78, 5) is 33.2. The molecule has 2 aromatic heterocycles. The van der Waals surface area contributed by atoms with Crippen molar-refractivity contribution in [2.75, 3.05) is 19.6 Å². The highest BCUT2D eigenvalue weighted by Crippen LogP contribution is 2.34. The van der Waals surface area contributed by atoms with Crippen LogP contribution in [0.2, 0.25) is 0 Å². The molecule has 0 N–H and O–H groups in total. The highest BCUT2D eigenvalue weighted by Gasteiger charge is 2.37. The summed E-state index contributed by atoms with van der Waals surface area (Å²) >= 11 is 1.46. The molecular formula is C22H24FN3O2S. The Morgan fingerprint density at radius 3 is 2.62 bits per heavy atom. The quantitative estimate of drug-likeness (QED) is 0.598. The third-order valence-electron chi connectivity index (χ3n) is 6.06. The molecule has 1 aliphatic heterocycles. The summed E-state index contributed by atoms with van der Waals surface area (Å²) in [6, 6.07) is 5.81. The molecule has 29 heavy (non-hydrogen) atoms. The van der Waals surface area contributed by atoms with Crippen LogP contribution in [0, 0.1) is 18.2 Å². The van der Waals surface area contributed by atoms with Crippen molar-refractivity contribution < 1.29 is 9.18 Å². The molecule has 1 aromatic carbocycles. The van der Waals surface area contributed by atoms with Gasteiger partial charge in [-0.3, -0.25) is 14.0 Å². The van der Waals surface area contributed by atoms with E-state index >= 15 is 0 Å². The second-order valence-corrected chi connectivity index (χ2v) is 8.90. The first-order chi connectivity index (χ1) is 13.9. The third kappa shape index (κ3) is 3.89. The number of aryl methyl sites for hydroxylation is 1. The minimum absolute atomic E-state index is 0.0158. The number of aromatic nitrogens is 2. The zero-order valence-corrected chi connectivity index (χ0v) is 17.5. The second-order valence-electron chi connectivity index (χ2n) is 8.02. The smallest absolute Gasteiger partial charge is 0.261 e. The monoisotopic (exact) mass is 413 g/mol. The Morgan fingerprint density at radius 2 is 1.93 bits per heavy atom. The van der Waals surface area contributed by atoms with Crippen molar-refractivity contribution in [3.63, 3.8) is 0 Å². The number of nitrogens with zero attached hydrogens (tertiary/aromatic N) is 3. The van der Waals surface area contributed by atoms with Crippen LogP contribution >= 0.6 is 11.3 Å². The van der Waals surface area contributed by atoms with E-state index in [4.69, 9.17) is 0 Å². The molecule has 0 unspecified atom stereocenters. The third-order valence-corrected chi connectivity index (χ3v) is 6.82. The Hall–Kier alpha value is -2.38. The summed E-state index contributed by atoms with van der Waals surface area (Å²) in [5, 5.41) is 1.87. The van der Waals surface area contributed by atoms with Crippen LogP contribution in [-0.2, 0) is 6.42 Å². The Labute approximate surface area is 172 Å². The van der Waals surface area contributed by atoms with Crippen LogP contribution in [0.5, 0.6) is 0 Å². The largest absolute Gasteiger partial charge is 0.303 e. The van der Waals surface area contributed by atoms with Gasteiger partial charge in [0.1, 0.15) is 5.82 Å². The number of ketones is 1. The van der Waals surface area contributed by atoms with Crippen molar-refractivity contribution in [3.05, 3.63) is 68.8 Å². The number of carbonyl (C=O) groups is 1. The average Bonchev–Trinajstić information content (AvgIpc) is 3.18. The molecule has 1 aliphatic rings. The SMILES string of the molecule is Cc1nc2sccn2c(=O)c1CCN1CCC(C)(C(=O)c2ccc(F)cc2)CC1. The number of thiazole rings is 1. The van der Waals surface area contributed by atoms with Crippen LogP contribution in [0.3, 0.4) is 0 Å². The summed E-state index contributed by atoms with van der Waals surface area (Å²) in [7, 11) is 0.